The number of rotatable bonds is 6. The maximum absolute atomic E-state index is 5.72. The monoisotopic (exact) mass is 604 g/mol. The van der Waals surface area contributed by atoms with Crippen LogP contribution in [0.2, 0.25) is 0 Å². The molecule has 0 bridgehead atoms. The Morgan fingerprint density at radius 3 is 3.06 bits per heavy atom. The Labute approximate surface area is 220 Å². The second-order valence-electron chi connectivity index (χ2n) is 9.60. The fourth-order valence-electron chi connectivity index (χ4n) is 5.23. The van der Waals surface area contributed by atoms with Gasteiger partial charge in [-0.1, -0.05) is 6.42 Å². The van der Waals surface area contributed by atoms with Gasteiger partial charge in [-0.05, 0) is 31.1 Å². The van der Waals surface area contributed by atoms with E-state index in [-0.39, 0.29) is 21.5 Å². The van der Waals surface area contributed by atoms with E-state index in [4.69, 9.17) is 14.1 Å². The van der Waals surface area contributed by atoms with Gasteiger partial charge in [-0.3, -0.25) is 4.90 Å². The number of allylic oxidation sites excluding steroid dienone is 2. The fourth-order valence-corrected chi connectivity index (χ4v) is 7.18. The third-order valence-electron chi connectivity index (χ3n) is 7.07. The van der Waals surface area contributed by atoms with Crippen molar-refractivity contribution >= 4 is 33.6 Å². The molecule has 0 radical (unpaired) electrons. The van der Waals surface area contributed by atoms with E-state index in [2.05, 4.69) is 45.6 Å². The molecule has 0 saturated carbocycles. The molecular weight excluding hydrogens is 573 g/mol. The molecule has 6 rings (SSSR count). The fraction of sp³-hybridized carbons (Fsp3) is 0.480. The average Bonchev–Trinajstić information content (AvgIpc) is 3.44. The number of imidazole rings is 1. The molecule has 3 aromatic rings. The first-order valence-corrected chi connectivity index (χ1v) is 15.4. The van der Waals surface area contributed by atoms with Crippen molar-refractivity contribution in [3.05, 3.63) is 51.9 Å². The zero-order chi connectivity index (χ0) is 23.6. The topological polar surface area (TPSA) is 79.6 Å². The first-order valence-electron chi connectivity index (χ1n) is 12.4. The summed E-state index contributed by atoms with van der Waals surface area (Å²) < 4.78 is 18.2. The summed E-state index contributed by atoms with van der Waals surface area (Å²) in [6, 6.07) is 2.16. The Kier molecular flexibility index (Phi) is 7.04. The second kappa shape index (κ2) is 10.5. The van der Waals surface area contributed by atoms with Crippen molar-refractivity contribution in [2.45, 2.75) is 39.2 Å². The average molecular weight is 605 g/mol. The molecule has 6 heterocycles. The van der Waals surface area contributed by atoms with Crippen molar-refractivity contribution in [2.75, 3.05) is 31.6 Å². The van der Waals surface area contributed by atoms with Gasteiger partial charge in [-0.15, -0.1) is 0 Å². The Hall–Kier alpha value is -2.02. The zero-order valence-electron chi connectivity index (χ0n) is 19.9. The second-order valence-corrected chi connectivity index (χ2v) is 12.4. The predicted molar refractivity (Wildman–Crippen MR) is 135 cm³/mol. The van der Waals surface area contributed by atoms with Crippen LogP contribution in [0.1, 0.15) is 42.8 Å². The number of hydrogen-bond acceptors (Lipinski definition) is 8. The summed E-state index contributed by atoms with van der Waals surface area (Å²) in [5.74, 6) is 2.41. The van der Waals surface area contributed by atoms with Crippen molar-refractivity contribution < 1.29 is 26.2 Å². The first kappa shape index (κ1) is 23.4. The van der Waals surface area contributed by atoms with Crippen molar-refractivity contribution in [3.8, 4) is 0 Å². The van der Waals surface area contributed by atoms with Gasteiger partial charge in [0.2, 0.25) is 0 Å². The standard InChI is InChI=1S/C25H31IN7OS/c1-17-13-33-22(19-5-7-26-28-11-19)12-27-25(33)24(29-17)30-23-10-21(31-35-23)16-32-14-20(15-32)18-4-2-3-8-34-9-6-18/h5,7,10-13,18,20,28H,2-4,6,8-9,14-16H2,1H3,(H,29,30)/q-1. The molecule has 0 aromatic carbocycles. The van der Waals surface area contributed by atoms with Crippen LogP contribution in [-0.4, -0.2) is 49.9 Å². The summed E-state index contributed by atoms with van der Waals surface area (Å²) in [6.07, 6.45) is 13.3. The quantitative estimate of drug-likeness (QED) is 0.325. The molecule has 1 atom stereocenters. The Morgan fingerprint density at radius 2 is 2.17 bits per heavy atom. The number of likely N-dealkylation sites (tertiary alicyclic amines) is 1. The van der Waals surface area contributed by atoms with Gasteiger partial charge in [0, 0.05) is 26.3 Å². The van der Waals surface area contributed by atoms with Crippen molar-refractivity contribution in [1.29, 1.82) is 0 Å². The molecule has 3 aliphatic rings. The van der Waals surface area contributed by atoms with Crippen LogP contribution in [0.4, 0.5) is 10.8 Å². The van der Waals surface area contributed by atoms with Gasteiger partial charge in [0.05, 0.1) is 0 Å². The molecule has 3 aliphatic heterocycles. The number of nitrogens with one attached hydrogen (secondary N) is 2. The first-order chi connectivity index (χ1) is 17.2. The molecule has 10 heteroatoms. The summed E-state index contributed by atoms with van der Waals surface area (Å²) >= 11 is 1.43. The van der Waals surface area contributed by atoms with E-state index in [1.54, 1.807) is 0 Å². The van der Waals surface area contributed by atoms with E-state index in [1.807, 2.05) is 19.3 Å². The molecule has 2 fully saturated rings. The Morgan fingerprint density at radius 1 is 1.23 bits per heavy atom. The number of aryl methyl sites for hydroxylation is 1. The molecule has 2 saturated heterocycles. The van der Waals surface area contributed by atoms with Gasteiger partial charge in [-0.2, -0.15) is 0 Å². The van der Waals surface area contributed by atoms with E-state index < -0.39 is 0 Å². The maximum atomic E-state index is 5.72. The van der Waals surface area contributed by atoms with Gasteiger partial charge in [-0.25, -0.2) is 0 Å². The molecule has 1 unspecified atom stereocenters. The normalized spacial score (nSPS) is 22.0. The SMILES string of the molecule is Cc1cn2c(C3=CN[I-]C=C3)cnc2c(Nc2cc(CN3CC(C4CCCCOCC4)C3)ns2)n1. The van der Waals surface area contributed by atoms with Gasteiger partial charge < -0.3 is 4.74 Å². The minimum absolute atomic E-state index is 0.0663. The molecule has 186 valence electrons. The number of anilines is 2. The molecule has 0 amide bonds. The molecule has 35 heavy (non-hydrogen) atoms. The summed E-state index contributed by atoms with van der Waals surface area (Å²) in [5, 5.41) is 4.49. The molecular formula is C25H31IN7OS-. The zero-order valence-corrected chi connectivity index (χ0v) is 22.9. The third kappa shape index (κ3) is 5.25. The summed E-state index contributed by atoms with van der Waals surface area (Å²) in [5.41, 5.74) is 5.09. The predicted octanol–water partition coefficient (Wildman–Crippen LogP) is 1.34. The number of aromatic nitrogens is 4. The number of ether oxygens (including phenoxy) is 1. The molecule has 2 N–H and O–H groups in total. The van der Waals surface area contributed by atoms with Gasteiger partial charge in [0.15, 0.2) is 0 Å². The summed E-state index contributed by atoms with van der Waals surface area (Å²) in [6.45, 7) is 7.18. The van der Waals surface area contributed by atoms with Crippen LogP contribution >= 0.6 is 11.5 Å². The van der Waals surface area contributed by atoms with E-state index in [0.29, 0.717) is 0 Å². The van der Waals surface area contributed by atoms with Crippen LogP contribution in [0.5, 0.6) is 0 Å². The molecule has 0 spiro atoms. The summed E-state index contributed by atoms with van der Waals surface area (Å²) in [4.78, 5) is 12.0. The van der Waals surface area contributed by atoms with E-state index in [1.165, 1.54) is 50.3 Å². The Bertz CT molecular complexity index is 1240. The molecule has 3 aromatic heterocycles. The Balaban J connectivity index is 1.10. The number of fused-ring (bicyclic) bond motifs is 1. The van der Waals surface area contributed by atoms with Crippen LogP contribution in [0.15, 0.2) is 34.8 Å². The van der Waals surface area contributed by atoms with E-state index >= 15 is 0 Å². The molecule has 8 nitrogen and oxygen atoms in total. The van der Waals surface area contributed by atoms with E-state index in [9.17, 15) is 0 Å². The summed E-state index contributed by atoms with van der Waals surface area (Å²) in [7, 11) is 0. The van der Waals surface area contributed by atoms with Crippen molar-refractivity contribution in [2.24, 2.45) is 11.8 Å². The minimum atomic E-state index is -0.0663. The van der Waals surface area contributed by atoms with Gasteiger partial charge in [0.1, 0.15) is 0 Å². The molecule has 0 aliphatic carbocycles. The number of halogens is 1. The van der Waals surface area contributed by atoms with Crippen molar-refractivity contribution in [3.63, 3.8) is 0 Å². The van der Waals surface area contributed by atoms with Crippen LogP contribution in [-0.2, 0) is 11.3 Å². The number of hydrogen-bond donors (Lipinski definition) is 2. The van der Waals surface area contributed by atoms with E-state index in [0.717, 1.165) is 70.7 Å². The van der Waals surface area contributed by atoms with Crippen LogP contribution < -0.4 is 30.3 Å². The van der Waals surface area contributed by atoms with Crippen LogP contribution in [0.25, 0.3) is 11.2 Å². The number of nitrogens with zero attached hydrogens (tertiary/aromatic N) is 5. The van der Waals surface area contributed by atoms with Crippen molar-refractivity contribution in [1.82, 2.24) is 27.2 Å². The third-order valence-corrected chi connectivity index (χ3v) is 9.20. The van der Waals surface area contributed by atoms with Crippen LogP contribution in [0, 0.1) is 18.8 Å². The van der Waals surface area contributed by atoms with Gasteiger partial charge >= 0.3 is 148 Å². The van der Waals surface area contributed by atoms with Gasteiger partial charge in [0.25, 0.3) is 0 Å². The van der Waals surface area contributed by atoms with Crippen LogP contribution in [0.3, 0.4) is 0 Å².